The molecule has 0 saturated carbocycles. The fourth-order valence-electron chi connectivity index (χ4n) is 0.845. The summed E-state index contributed by atoms with van der Waals surface area (Å²) in [7, 11) is 0. The number of nitrogens with zero attached hydrogens (tertiary/aromatic N) is 3. The van der Waals surface area contributed by atoms with Gasteiger partial charge in [-0.05, 0) is 6.92 Å². The molecular formula is C6H7N5. The van der Waals surface area contributed by atoms with Crippen LogP contribution in [0.4, 0.5) is 0 Å². The molecule has 0 saturated heterocycles. The highest BCUT2D eigenvalue weighted by Crippen LogP contribution is 2.10. The first-order valence-electron chi connectivity index (χ1n) is 3.24. The van der Waals surface area contributed by atoms with Gasteiger partial charge in [0, 0.05) is 6.20 Å². The van der Waals surface area contributed by atoms with Gasteiger partial charge in [-0.1, -0.05) is 0 Å². The van der Waals surface area contributed by atoms with Crippen LogP contribution >= 0.6 is 0 Å². The highest BCUT2D eigenvalue weighted by molar-refractivity contribution is 5.50. The Morgan fingerprint density at radius 2 is 2.36 bits per heavy atom. The van der Waals surface area contributed by atoms with Crippen molar-refractivity contribution >= 4 is 0 Å². The normalized spacial score (nSPS) is 10.3. The minimum Gasteiger partial charge on any atom is -0.285 e. The van der Waals surface area contributed by atoms with E-state index < -0.39 is 0 Å². The fourth-order valence-corrected chi connectivity index (χ4v) is 0.845. The number of aryl methyl sites for hydroxylation is 1. The van der Waals surface area contributed by atoms with Crippen molar-refractivity contribution in [3.63, 3.8) is 0 Å². The van der Waals surface area contributed by atoms with Gasteiger partial charge in [0.05, 0.1) is 11.8 Å². The van der Waals surface area contributed by atoms with Gasteiger partial charge in [-0.15, -0.1) is 0 Å². The van der Waals surface area contributed by atoms with Gasteiger partial charge in [0.2, 0.25) is 0 Å². The molecule has 2 heterocycles. The molecule has 0 spiro atoms. The maximum Gasteiger partial charge on any atom is 0.184 e. The molecule has 0 fully saturated rings. The van der Waals surface area contributed by atoms with Crippen molar-refractivity contribution in [3.05, 3.63) is 18.2 Å². The van der Waals surface area contributed by atoms with Crippen LogP contribution in [0, 0.1) is 6.92 Å². The molecule has 0 radical (unpaired) electrons. The molecule has 2 N–H and O–H groups in total. The molecule has 0 atom stereocenters. The summed E-state index contributed by atoms with van der Waals surface area (Å²) in [6.45, 7) is 1.86. The molecule has 0 aliphatic heterocycles. The Hall–Kier alpha value is -1.65. The molecule has 0 bridgehead atoms. The first-order valence-corrected chi connectivity index (χ1v) is 3.24. The molecule has 0 aliphatic carbocycles. The first-order chi connectivity index (χ1) is 5.36. The lowest BCUT2D eigenvalue weighted by molar-refractivity contribution is 1.04. The second kappa shape index (κ2) is 2.19. The molecule has 2 aromatic rings. The van der Waals surface area contributed by atoms with Crippen molar-refractivity contribution in [3.8, 4) is 11.4 Å². The zero-order chi connectivity index (χ0) is 7.68. The summed E-state index contributed by atoms with van der Waals surface area (Å²) in [5, 5.41) is 13.2. The van der Waals surface area contributed by atoms with Gasteiger partial charge in [-0.2, -0.15) is 10.2 Å². The van der Waals surface area contributed by atoms with Gasteiger partial charge >= 0.3 is 0 Å². The third kappa shape index (κ3) is 1.000. The van der Waals surface area contributed by atoms with Crippen LogP contribution in [-0.4, -0.2) is 25.4 Å². The molecule has 2 aromatic heterocycles. The van der Waals surface area contributed by atoms with Crippen LogP contribution in [0.25, 0.3) is 11.4 Å². The highest BCUT2D eigenvalue weighted by Gasteiger charge is 2.02. The van der Waals surface area contributed by atoms with E-state index in [-0.39, 0.29) is 0 Å². The van der Waals surface area contributed by atoms with Gasteiger partial charge in [0.15, 0.2) is 5.82 Å². The summed E-state index contributed by atoms with van der Waals surface area (Å²) in [4.78, 5) is 4.13. The Morgan fingerprint density at radius 3 is 2.91 bits per heavy atom. The molecule has 0 unspecified atom stereocenters. The van der Waals surface area contributed by atoms with E-state index in [1.165, 1.54) is 0 Å². The largest absolute Gasteiger partial charge is 0.285 e. The lowest BCUT2D eigenvalue weighted by atomic mass is 10.3. The SMILES string of the molecule is Cc1nc(-c2cn[nH]c2)n[nH]1. The average Bonchev–Trinajstić information content (AvgIpc) is 2.55. The Labute approximate surface area is 62.9 Å². The van der Waals surface area contributed by atoms with Gasteiger partial charge in [-0.25, -0.2) is 4.98 Å². The number of aromatic nitrogens is 5. The fraction of sp³-hybridized carbons (Fsp3) is 0.167. The summed E-state index contributed by atoms with van der Waals surface area (Å²) >= 11 is 0. The van der Waals surface area contributed by atoms with Crippen molar-refractivity contribution < 1.29 is 0 Å². The Balaban J connectivity index is 2.45. The van der Waals surface area contributed by atoms with Crippen LogP contribution in [0.5, 0.6) is 0 Å². The lowest BCUT2D eigenvalue weighted by Gasteiger charge is -1.81. The molecule has 5 nitrogen and oxygen atoms in total. The number of hydrogen-bond acceptors (Lipinski definition) is 3. The molecule has 56 valence electrons. The van der Waals surface area contributed by atoms with Crippen molar-refractivity contribution in [2.24, 2.45) is 0 Å². The standard InChI is InChI=1S/C6H7N5/c1-4-9-6(11-10-4)5-2-7-8-3-5/h2-3H,1H3,(H,7,8)(H,9,10,11). The van der Waals surface area contributed by atoms with Gasteiger partial charge in [-0.3, -0.25) is 10.2 Å². The van der Waals surface area contributed by atoms with E-state index in [1.54, 1.807) is 12.4 Å². The third-order valence-electron chi connectivity index (χ3n) is 1.35. The molecule has 0 aliphatic rings. The van der Waals surface area contributed by atoms with Crippen LogP contribution < -0.4 is 0 Å². The zero-order valence-electron chi connectivity index (χ0n) is 6.00. The quantitative estimate of drug-likeness (QED) is 0.620. The Kier molecular flexibility index (Phi) is 1.21. The van der Waals surface area contributed by atoms with Crippen molar-refractivity contribution in [2.75, 3.05) is 0 Å². The van der Waals surface area contributed by atoms with E-state index in [0.717, 1.165) is 11.4 Å². The minimum atomic E-state index is 0.677. The van der Waals surface area contributed by atoms with Crippen LogP contribution in [0.1, 0.15) is 5.82 Å². The van der Waals surface area contributed by atoms with Crippen molar-refractivity contribution in [2.45, 2.75) is 6.92 Å². The maximum absolute atomic E-state index is 4.13. The third-order valence-corrected chi connectivity index (χ3v) is 1.35. The number of nitrogens with one attached hydrogen (secondary N) is 2. The van der Waals surface area contributed by atoms with Crippen LogP contribution in [-0.2, 0) is 0 Å². The Morgan fingerprint density at radius 1 is 1.45 bits per heavy atom. The predicted octanol–water partition coefficient (Wildman–Crippen LogP) is 0.503. The number of H-pyrrole nitrogens is 2. The van der Waals surface area contributed by atoms with Crippen molar-refractivity contribution in [1.82, 2.24) is 25.4 Å². The number of rotatable bonds is 1. The highest BCUT2D eigenvalue weighted by atomic mass is 15.2. The number of aromatic amines is 2. The predicted molar refractivity (Wildman–Crippen MR) is 38.7 cm³/mol. The van der Waals surface area contributed by atoms with E-state index in [2.05, 4.69) is 25.4 Å². The molecule has 2 rings (SSSR count). The molecule has 5 heteroatoms. The average molecular weight is 149 g/mol. The summed E-state index contributed by atoms with van der Waals surface area (Å²) in [6.07, 6.45) is 3.44. The van der Waals surface area contributed by atoms with Crippen LogP contribution in [0.2, 0.25) is 0 Å². The van der Waals surface area contributed by atoms with Gasteiger partial charge in [0.1, 0.15) is 5.82 Å². The van der Waals surface area contributed by atoms with Crippen LogP contribution in [0.15, 0.2) is 12.4 Å². The van der Waals surface area contributed by atoms with Crippen molar-refractivity contribution in [1.29, 1.82) is 0 Å². The van der Waals surface area contributed by atoms with E-state index in [4.69, 9.17) is 0 Å². The second-order valence-electron chi connectivity index (χ2n) is 2.23. The molecular weight excluding hydrogens is 142 g/mol. The summed E-state index contributed by atoms with van der Waals surface area (Å²) in [6, 6.07) is 0. The van der Waals surface area contributed by atoms with E-state index >= 15 is 0 Å². The zero-order valence-corrected chi connectivity index (χ0v) is 6.00. The van der Waals surface area contributed by atoms with E-state index in [0.29, 0.717) is 5.82 Å². The topological polar surface area (TPSA) is 70.2 Å². The monoisotopic (exact) mass is 149 g/mol. The molecule has 0 aromatic carbocycles. The lowest BCUT2D eigenvalue weighted by Crippen LogP contribution is -1.75. The second-order valence-corrected chi connectivity index (χ2v) is 2.23. The summed E-state index contributed by atoms with van der Waals surface area (Å²) in [5.74, 6) is 1.48. The molecule has 11 heavy (non-hydrogen) atoms. The summed E-state index contributed by atoms with van der Waals surface area (Å²) < 4.78 is 0. The maximum atomic E-state index is 4.13. The molecule has 0 amide bonds. The minimum absolute atomic E-state index is 0.677. The van der Waals surface area contributed by atoms with E-state index in [1.807, 2.05) is 6.92 Å². The van der Waals surface area contributed by atoms with Gasteiger partial charge in [0.25, 0.3) is 0 Å². The number of hydrogen-bond donors (Lipinski definition) is 2. The summed E-state index contributed by atoms with van der Waals surface area (Å²) in [5.41, 5.74) is 0.898. The Bertz CT molecular complexity index is 333. The first kappa shape index (κ1) is 6.09. The van der Waals surface area contributed by atoms with Gasteiger partial charge < -0.3 is 0 Å². The smallest absolute Gasteiger partial charge is 0.184 e. The van der Waals surface area contributed by atoms with E-state index in [9.17, 15) is 0 Å². The van der Waals surface area contributed by atoms with Crippen LogP contribution in [0.3, 0.4) is 0 Å².